The van der Waals surface area contributed by atoms with E-state index in [1.165, 1.54) is 6.07 Å². The predicted octanol–water partition coefficient (Wildman–Crippen LogP) is 2.12. The maximum atomic E-state index is 9.43. The van der Waals surface area contributed by atoms with Gasteiger partial charge in [-0.3, -0.25) is 0 Å². The van der Waals surface area contributed by atoms with Crippen LogP contribution in [0.2, 0.25) is 5.02 Å². The highest BCUT2D eigenvalue weighted by Gasteiger charge is 2.17. The lowest BCUT2D eigenvalue weighted by atomic mass is 9.96. The summed E-state index contributed by atoms with van der Waals surface area (Å²) in [5, 5.41) is 18.9. The van der Waals surface area contributed by atoms with Crippen molar-refractivity contribution in [3.8, 4) is 11.5 Å². The maximum absolute atomic E-state index is 9.43. The Morgan fingerprint density at radius 3 is 2.57 bits per heavy atom. The highest BCUT2D eigenvalue weighted by atomic mass is 35.5. The highest BCUT2D eigenvalue weighted by Crippen LogP contribution is 2.40. The molecule has 0 aliphatic rings. The van der Waals surface area contributed by atoms with E-state index in [2.05, 4.69) is 0 Å². The highest BCUT2D eigenvalue weighted by molar-refractivity contribution is 6.33. The van der Waals surface area contributed by atoms with E-state index in [0.717, 1.165) is 11.1 Å². The first-order chi connectivity index (χ1) is 6.49. The van der Waals surface area contributed by atoms with Gasteiger partial charge in [-0.1, -0.05) is 18.5 Å². The zero-order valence-corrected chi connectivity index (χ0v) is 8.97. The summed E-state index contributed by atoms with van der Waals surface area (Å²) >= 11 is 5.91. The van der Waals surface area contributed by atoms with Crippen LogP contribution in [0.3, 0.4) is 0 Å². The number of nitrogens with two attached hydrogens (primary N) is 1. The molecule has 1 unspecified atom stereocenters. The summed E-state index contributed by atoms with van der Waals surface area (Å²) < 4.78 is 0. The maximum Gasteiger partial charge on any atom is 0.176 e. The fourth-order valence-corrected chi connectivity index (χ4v) is 1.92. The third-order valence-corrected chi connectivity index (χ3v) is 2.69. The second-order valence-electron chi connectivity index (χ2n) is 3.43. The summed E-state index contributed by atoms with van der Waals surface area (Å²) in [6, 6.07) is 1.49. The van der Waals surface area contributed by atoms with Gasteiger partial charge in [0.2, 0.25) is 0 Å². The SMILES string of the molecule is Cc1cc(O)c(O)c(Cl)c1C(C)CN. The number of aromatic hydroxyl groups is 2. The molecule has 1 aromatic carbocycles. The van der Waals surface area contributed by atoms with E-state index < -0.39 is 0 Å². The second-order valence-corrected chi connectivity index (χ2v) is 3.80. The lowest BCUT2D eigenvalue weighted by Gasteiger charge is -2.16. The molecule has 0 radical (unpaired) electrons. The number of phenols is 2. The molecule has 14 heavy (non-hydrogen) atoms. The monoisotopic (exact) mass is 215 g/mol. The molecule has 0 aliphatic heterocycles. The average Bonchev–Trinajstić information content (AvgIpc) is 2.14. The van der Waals surface area contributed by atoms with Crippen molar-refractivity contribution in [1.29, 1.82) is 0 Å². The Morgan fingerprint density at radius 2 is 2.07 bits per heavy atom. The van der Waals surface area contributed by atoms with Gasteiger partial charge in [0.05, 0.1) is 5.02 Å². The van der Waals surface area contributed by atoms with E-state index in [0.29, 0.717) is 6.54 Å². The van der Waals surface area contributed by atoms with Gasteiger partial charge in [-0.25, -0.2) is 0 Å². The lowest BCUT2D eigenvalue weighted by Crippen LogP contribution is -2.10. The van der Waals surface area contributed by atoms with E-state index in [1.807, 2.05) is 13.8 Å². The van der Waals surface area contributed by atoms with Gasteiger partial charge < -0.3 is 15.9 Å². The van der Waals surface area contributed by atoms with Gasteiger partial charge in [-0.05, 0) is 36.6 Å². The molecule has 0 bridgehead atoms. The lowest BCUT2D eigenvalue weighted by molar-refractivity contribution is 0.402. The Labute approximate surface area is 88.1 Å². The van der Waals surface area contributed by atoms with Crippen molar-refractivity contribution in [2.45, 2.75) is 19.8 Å². The zero-order chi connectivity index (χ0) is 10.9. The van der Waals surface area contributed by atoms with Crippen molar-refractivity contribution in [2.75, 3.05) is 6.54 Å². The van der Waals surface area contributed by atoms with Gasteiger partial charge >= 0.3 is 0 Å². The van der Waals surface area contributed by atoms with Crippen LogP contribution in [-0.2, 0) is 0 Å². The Kier molecular flexibility index (Phi) is 3.24. The summed E-state index contributed by atoms with van der Waals surface area (Å²) in [4.78, 5) is 0. The normalized spacial score (nSPS) is 12.9. The van der Waals surface area contributed by atoms with Crippen LogP contribution in [0.4, 0.5) is 0 Å². The molecule has 0 spiro atoms. The molecule has 4 N–H and O–H groups in total. The predicted molar refractivity (Wildman–Crippen MR) is 57.0 cm³/mol. The van der Waals surface area contributed by atoms with Gasteiger partial charge in [-0.2, -0.15) is 0 Å². The van der Waals surface area contributed by atoms with Crippen molar-refractivity contribution in [1.82, 2.24) is 0 Å². The molecule has 0 saturated heterocycles. The minimum Gasteiger partial charge on any atom is -0.504 e. The quantitative estimate of drug-likeness (QED) is 0.662. The van der Waals surface area contributed by atoms with Gasteiger partial charge in [0.25, 0.3) is 0 Å². The Morgan fingerprint density at radius 1 is 1.50 bits per heavy atom. The average molecular weight is 216 g/mol. The van der Waals surface area contributed by atoms with Crippen LogP contribution in [0.15, 0.2) is 6.07 Å². The number of rotatable bonds is 2. The number of phenolic OH excluding ortho intramolecular Hbond substituents is 2. The van der Waals surface area contributed by atoms with Crippen LogP contribution in [0.25, 0.3) is 0 Å². The smallest absolute Gasteiger partial charge is 0.176 e. The fourth-order valence-electron chi connectivity index (χ4n) is 1.49. The molecule has 0 fully saturated rings. The van der Waals surface area contributed by atoms with E-state index >= 15 is 0 Å². The fraction of sp³-hybridized carbons (Fsp3) is 0.400. The Balaban J connectivity index is 3.36. The minimum atomic E-state index is -0.271. The van der Waals surface area contributed by atoms with Crippen molar-refractivity contribution < 1.29 is 10.2 Å². The second kappa shape index (κ2) is 4.07. The van der Waals surface area contributed by atoms with Crippen molar-refractivity contribution in [3.63, 3.8) is 0 Å². The minimum absolute atomic E-state index is 0.0639. The molecular formula is C10H14ClNO2. The molecule has 0 aliphatic carbocycles. The van der Waals surface area contributed by atoms with Crippen LogP contribution in [0.1, 0.15) is 24.0 Å². The number of hydrogen-bond acceptors (Lipinski definition) is 3. The van der Waals surface area contributed by atoms with Gasteiger partial charge in [0.1, 0.15) is 0 Å². The topological polar surface area (TPSA) is 66.5 Å². The van der Waals surface area contributed by atoms with E-state index in [4.69, 9.17) is 17.3 Å². The first-order valence-corrected chi connectivity index (χ1v) is 4.77. The van der Waals surface area contributed by atoms with Gasteiger partial charge in [0.15, 0.2) is 11.5 Å². The number of hydrogen-bond donors (Lipinski definition) is 3. The molecule has 1 aromatic rings. The summed E-state index contributed by atoms with van der Waals surface area (Å²) in [6.07, 6.45) is 0. The third-order valence-electron chi connectivity index (χ3n) is 2.31. The van der Waals surface area contributed by atoms with Crippen LogP contribution < -0.4 is 5.73 Å². The van der Waals surface area contributed by atoms with E-state index in [-0.39, 0.29) is 22.4 Å². The zero-order valence-electron chi connectivity index (χ0n) is 8.21. The number of halogens is 1. The third kappa shape index (κ3) is 1.79. The van der Waals surface area contributed by atoms with Crippen LogP contribution in [0.5, 0.6) is 11.5 Å². The molecule has 1 atom stereocenters. The molecule has 4 heteroatoms. The number of benzene rings is 1. The van der Waals surface area contributed by atoms with Crippen molar-refractivity contribution >= 4 is 11.6 Å². The van der Waals surface area contributed by atoms with Crippen molar-refractivity contribution in [2.24, 2.45) is 5.73 Å². The molecule has 0 aromatic heterocycles. The molecule has 0 saturated carbocycles. The summed E-state index contributed by atoms with van der Waals surface area (Å²) in [7, 11) is 0. The molecule has 1 rings (SSSR count). The summed E-state index contributed by atoms with van der Waals surface area (Å²) in [6.45, 7) is 4.20. The van der Waals surface area contributed by atoms with Gasteiger partial charge in [0, 0.05) is 0 Å². The first-order valence-electron chi connectivity index (χ1n) is 4.40. The van der Waals surface area contributed by atoms with Gasteiger partial charge in [-0.15, -0.1) is 0 Å². The molecule has 0 heterocycles. The largest absolute Gasteiger partial charge is 0.504 e. The molecule has 0 amide bonds. The van der Waals surface area contributed by atoms with Crippen molar-refractivity contribution in [3.05, 3.63) is 22.2 Å². The Hall–Kier alpha value is -0.930. The van der Waals surface area contributed by atoms with Crippen LogP contribution in [0, 0.1) is 6.92 Å². The summed E-state index contributed by atoms with van der Waals surface area (Å²) in [5.74, 6) is -0.401. The first kappa shape index (κ1) is 11.1. The molecule has 78 valence electrons. The Bertz CT molecular complexity index is 352. The van der Waals surface area contributed by atoms with Crippen LogP contribution >= 0.6 is 11.6 Å². The number of aryl methyl sites for hydroxylation is 1. The van der Waals surface area contributed by atoms with E-state index in [9.17, 15) is 10.2 Å². The van der Waals surface area contributed by atoms with Crippen LogP contribution in [-0.4, -0.2) is 16.8 Å². The van der Waals surface area contributed by atoms with E-state index in [1.54, 1.807) is 0 Å². The molecule has 3 nitrogen and oxygen atoms in total. The standard InChI is InChI=1S/C10H14ClNO2/c1-5-3-7(13)10(14)9(11)8(5)6(2)4-12/h3,6,13-14H,4,12H2,1-2H3. The molecular weight excluding hydrogens is 202 g/mol. The summed E-state index contributed by atoms with van der Waals surface area (Å²) in [5.41, 5.74) is 7.16.